The fourth-order valence-corrected chi connectivity index (χ4v) is 2.23. The van der Waals surface area contributed by atoms with Crippen LogP contribution in [0, 0.1) is 0 Å². The van der Waals surface area contributed by atoms with E-state index in [9.17, 15) is 8.42 Å². The van der Waals surface area contributed by atoms with Crippen molar-refractivity contribution in [3.05, 3.63) is 54.2 Å². The molecule has 1 atom stereocenters. The van der Waals surface area contributed by atoms with E-state index in [-0.39, 0.29) is 10.9 Å². The molecule has 0 aliphatic carbocycles. The molecule has 20 heavy (non-hydrogen) atoms. The van der Waals surface area contributed by atoms with Crippen LogP contribution < -0.4 is 16.2 Å². The molecule has 0 saturated heterocycles. The third-order valence-corrected chi connectivity index (χ3v) is 3.72. The number of nitrogens with one attached hydrogen (secondary N) is 1. The molecule has 0 aliphatic heterocycles. The highest BCUT2D eigenvalue weighted by molar-refractivity contribution is 7.89. The Kier molecular flexibility index (Phi) is 4.33. The van der Waals surface area contributed by atoms with Gasteiger partial charge in [-0.15, -0.1) is 0 Å². The standard InChI is InChI=1S/C13H16N4O2S/c14-8-12(10-4-2-1-3-5-10)17-13-7-6-11(9-16-13)20(15,18)19/h1-7,9,12H,8,14H2,(H,16,17)(H2,15,18,19). The molecule has 1 aromatic carbocycles. The van der Waals surface area contributed by atoms with Gasteiger partial charge in [-0.2, -0.15) is 0 Å². The maximum Gasteiger partial charge on any atom is 0.239 e. The predicted octanol–water partition coefficient (Wildman–Crippen LogP) is 0.841. The first-order valence-electron chi connectivity index (χ1n) is 6.01. The summed E-state index contributed by atoms with van der Waals surface area (Å²) in [7, 11) is -3.72. The first kappa shape index (κ1) is 14.4. The minimum absolute atomic E-state index is 0.0212. The molecule has 1 aromatic heterocycles. The molecule has 0 fully saturated rings. The summed E-state index contributed by atoms with van der Waals surface area (Å²) in [5, 5.41) is 8.17. The lowest BCUT2D eigenvalue weighted by molar-refractivity contribution is 0.597. The van der Waals surface area contributed by atoms with E-state index in [4.69, 9.17) is 10.9 Å². The van der Waals surface area contributed by atoms with Crippen LogP contribution in [-0.4, -0.2) is 19.9 Å². The molecule has 1 unspecified atom stereocenters. The largest absolute Gasteiger partial charge is 0.362 e. The van der Waals surface area contributed by atoms with Gasteiger partial charge in [0.15, 0.2) is 0 Å². The van der Waals surface area contributed by atoms with Gasteiger partial charge >= 0.3 is 0 Å². The van der Waals surface area contributed by atoms with Gasteiger partial charge in [0.2, 0.25) is 10.0 Å². The summed E-state index contributed by atoms with van der Waals surface area (Å²) in [5.41, 5.74) is 6.78. The molecule has 0 saturated carbocycles. The van der Waals surface area contributed by atoms with E-state index in [2.05, 4.69) is 10.3 Å². The van der Waals surface area contributed by atoms with Crippen LogP contribution in [0.2, 0.25) is 0 Å². The Balaban J connectivity index is 2.17. The number of nitrogens with zero attached hydrogens (tertiary/aromatic N) is 1. The predicted molar refractivity (Wildman–Crippen MR) is 77.5 cm³/mol. The molecule has 6 nitrogen and oxygen atoms in total. The van der Waals surface area contributed by atoms with Crippen LogP contribution >= 0.6 is 0 Å². The Morgan fingerprint density at radius 2 is 1.85 bits per heavy atom. The molecular formula is C13H16N4O2S. The van der Waals surface area contributed by atoms with Crippen molar-refractivity contribution in [1.29, 1.82) is 0 Å². The molecule has 5 N–H and O–H groups in total. The van der Waals surface area contributed by atoms with Gasteiger partial charge in [-0.05, 0) is 17.7 Å². The third kappa shape index (κ3) is 3.53. The van der Waals surface area contributed by atoms with Gasteiger partial charge in [0.1, 0.15) is 10.7 Å². The van der Waals surface area contributed by atoms with Gasteiger partial charge in [0, 0.05) is 12.7 Å². The highest BCUT2D eigenvalue weighted by Gasteiger charge is 2.11. The summed E-state index contributed by atoms with van der Waals surface area (Å²) >= 11 is 0. The van der Waals surface area contributed by atoms with Gasteiger partial charge in [-0.3, -0.25) is 0 Å². The van der Waals surface area contributed by atoms with E-state index in [1.54, 1.807) is 6.07 Å². The molecule has 1 heterocycles. The lowest BCUT2D eigenvalue weighted by atomic mass is 10.1. The Hall–Kier alpha value is -1.96. The van der Waals surface area contributed by atoms with E-state index in [0.29, 0.717) is 12.4 Å². The fraction of sp³-hybridized carbons (Fsp3) is 0.154. The lowest BCUT2D eigenvalue weighted by Crippen LogP contribution is -2.21. The number of rotatable bonds is 5. The number of benzene rings is 1. The van der Waals surface area contributed by atoms with Crippen LogP contribution in [0.25, 0.3) is 0 Å². The van der Waals surface area contributed by atoms with Crippen LogP contribution in [-0.2, 0) is 10.0 Å². The van der Waals surface area contributed by atoms with Crippen molar-refractivity contribution >= 4 is 15.8 Å². The molecule has 2 aromatic rings. The monoisotopic (exact) mass is 292 g/mol. The summed E-state index contributed by atoms with van der Waals surface area (Å²) < 4.78 is 22.3. The SMILES string of the molecule is NCC(Nc1ccc(S(N)(=O)=O)cn1)c1ccccc1. The zero-order chi connectivity index (χ0) is 14.6. The molecule has 0 amide bonds. The molecule has 0 radical (unpaired) electrons. The van der Waals surface area contributed by atoms with Gasteiger partial charge in [-0.25, -0.2) is 18.5 Å². The second-order valence-corrected chi connectivity index (χ2v) is 5.83. The second-order valence-electron chi connectivity index (χ2n) is 4.27. The minimum Gasteiger partial charge on any atom is -0.362 e. The Bertz CT molecular complexity index is 657. The zero-order valence-electron chi connectivity index (χ0n) is 10.7. The molecule has 7 heteroatoms. The van der Waals surface area contributed by atoms with Crippen molar-refractivity contribution in [1.82, 2.24) is 4.98 Å². The Morgan fingerprint density at radius 1 is 1.15 bits per heavy atom. The van der Waals surface area contributed by atoms with E-state index in [0.717, 1.165) is 5.56 Å². The Labute approximate surface area is 117 Å². The molecule has 106 valence electrons. The van der Waals surface area contributed by atoms with Gasteiger partial charge in [-0.1, -0.05) is 30.3 Å². The number of nitrogens with two attached hydrogens (primary N) is 2. The van der Waals surface area contributed by atoms with Gasteiger partial charge < -0.3 is 11.1 Å². The highest BCUT2D eigenvalue weighted by atomic mass is 32.2. The summed E-state index contributed by atoms with van der Waals surface area (Å²) in [6, 6.07) is 12.6. The number of aromatic nitrogens is 1. The first-order valence-corrected chi connectivity index (χ1v) is 7.56. The summed E-state index contributed by atoms with van der Waals surface area (Å²) in [5.74, 6) is 0.539. The number of hydrogen-bond acceptors (Lipinski definition) is 5. The molecule has 2 rings (SSSR count). The van der Waals surface area contributed by atoms with E-state index < -0.39 is 10.0 Å². The van der Waals surface area contributed by atoms with E-state index in [1.165, 1.54) is 12.3 Å². The average molecular weight is 292 g/mol. The summed E-state index contributed by atoms with van der Waals surface area (Å²) in [6.07, 6.45) is 1.22. The smallest absolute Gasteiger partial charge is 0.239 e. The zero-order valence-corrected chi connectivity index (χ0v) is 11.5. The van der Waals surface area contributed by atoms with Crippen LogP contribution in [0.1, 0.15) is 11.6 Å². The van der Waals surface area contributed by atoms with Crippen molar-refractivity contribution in [2.24, 2.45) is 10.9 Å². The molecule has 0 aliphatic rings. The van der Waals surface area contributed by atoms with Crippen LogP contribution in [0.15, 0.2) is 53.6 Å². The van der Waals surface area contributed by atoms with Crippen molar-refractivity contribution in [2.45, 2.75) is 10.9 Å². The van der Waals surface area contributed by atoms with Crippen LogP contribution in [0.4, 0.5) is 5.82 Å². The normalized spacial score (nSPS) is 12.9. The van der Waals surface area contributed by atoms with E-state index in [1.807, 2.05) is 30.3 Å². The maximum atomic E-state index is 11.1. The number of sulfonamides is 1. The number of hydrogen-bond donors (Lipinski definition) is 3. The van der Waals surface area contributed by atoms with Gasteiger partial charge in [0.05, 0.1) is 6.04 Å². The lowest BCUT2D eigenvalue weighted by Gasteiger charge is -2.17. The van der Waals surface area contributed by atoms with E-state index >= 15 is 0 Å². The van der Waals surface area contributed by atoms with Gasteiger partial charge in [0.25, 0.3) is 0 Å². The van der Waals surface area contributed by atoms with Crippen LogP contribution in [0.3, 0.4) is 0 Å². The van der Waals surface area contributed by atoms with Crippen LogP contribution in [0.5, 0.6) is 0 Å². The van der Waals surface area contributed by atoms with Crippen molar-refractivity contribution < 1.29 is 8.42 Å². The molecule has 0 spiro atoms. The molecule has 0 bridgehead atoms. The van der Waals surface area contributed by atoms with Crippen molar-refractivity contribution in [3.63, 3.8) is 0 Å². The Morgan fingerprint density at radius 3 is 2.35 bits per heavy atom. The minimum atomic E-state index is -3.72. The third-order valence-electron chi connectivity index (χ3n) is 2.82. The maximum absolute atomic E-state index is 11.1. The molecular weight excluding hydrogens is 276 g/mol. The number of primary sulfonamides is 1. The van der Waals surface area contributed by atoms with Crippen molar-refractivity contribution in [2.75, 3.05) is 11.9 Å². The average Bonchev–Trinajstić information content (AvgIpc) is 2.45. The quantitative estimate of drug-likeness (QED) is 0.756. The fourth-order valence-electron chi connectivity index (χ4n) is 1.78. The number of pyridine rings is 1. The number of anilines is 1. The second kappa shape index (κ2) is 6.00. The first-order chi connectivity index (χ1) is 9.50. The summed E-state index contributed by atoms with van der Waals surface area (Å²) in [4.78, 5) is 4.01. The topological polar surface area (TPSA) is 111 Å². The summed E-state index contributed by atoms with van der Waals surface area (Å²) in [6.45, 7) is 0.392. The highest BCUT2D eigenvalue weighted by Crippen LogP contribution is 2.17. The van der Waals surface area contributed by atoms with Crippen molar-refractivity contribution in [3.8, 4) is 0 Å².